The number of hydrogen-bond acceptors (Lipinski definition) is 5. The average molecular weight is 403 g/mol. The number of imidazole rings is 1. The van der Waals surface area contributed by atoms with Gasteiger partial charge in [0.25, 0.3) is 5.91 Å². The molecule has 0 atom stereocenters. The van der Waals surface area contributed by atoms with Crippen LogP contribution < -0.4 is 15.5 Å². The fourth-order valence-electron chi connectivity index (χ4n) is 3.12. The van der Waals surface area contributed by atoms with E-state index in [1.54, 1.807) is 30.7 Å². The summed E-state index contributed by atoms with van der Waals surface area (Å²) >= 11 is 0. The molecule has 0 saturated heterocycles. The van der Waals surface area contributed by atoms with Crippen molar-refractivity contribution in [3.63, 3.8) is 0 Å². The van der Waals surface area contributed by atoms with Crippen molar-refractivity contribution >= 4 is 16.9 Å². The molecule has 4 aromatic rings. The number of amides is 1. The molecular weight excluding hydrogens is 382 g/mol. The number of carbonyl (C=O) groups excluding carboxylic acids is 1. The van der Waals surface area contributed by atoms with Gasteiger partial charge in [-0.25, -0.2) is 4.98 Å². The zero-order valence-corrected chi connectivity index (χ0v) is 16.3. The summed E-state index contributed by atoms with van der Waals surface area (Å²) in [4.78, 5) is 28.7. The maximum atomic E-state index is 12.8. The van der Waals surface area contributed by atoms with Gasteiger partial charge in [0.2, 0.25) is 0 Å². The summed E-state index contributed by atoms with van der Waals surface area (Å²) in [5.74, 6) is 0.258. The molecule has 0 aliphatic heterocycles. The smallest absolute Gasteiger partial charge is 0.257 e. The molecule has 1 N–H and O–H groups in total. The number of ether oxygens (including phenoxy) is 1. The highest BCUT2D eigenvalue weighted by Gasteiger charge is 2.10. The molecule has 7 nitrogen and oxygen atoms in total. The molecule has 0 radical (unpaired) electrons. The molecule has 152 valence electrons. The van der Waals surface area contributed by atoms with Crippen LogP contribution in [0.3, 0.4) is 0 Å². The van der Waals surface area contributed by atoms with Gasteiger partial charge in [0.15, 0.2) is 12.0 Å². The Labute approximate surface area is 172 Å². The van der Waals surface area contributed by atoms with Crippen LogP contribution in [-0.4, -0.2) is 28.6 Å². The monoisotopic (exact) mass is 403 g/mol. The minimum absolute atomic E-state index is 0.107. The molecule has 0 saturated carbocycles. The molecule has 0 aliphatic rings. The summed E-state index contributed by atoms with van der Waals surface area (Å²) in [6.07, 6.45) is 7.60. The number of benzene rings is 2. The predicted octanol–water partition coefficient (Wildman–Crippen LogP) is 3.24. The van der Waals surface area contributed by atoms with Gasteiger partial charge in [-0.3, -0.25) is 9.59 Å². The summed E-state index contributed by atoms with van der Waals surface area (Å²) in [5.41, 5.74) is 1.62. The summed E-state index contributed by atoms with van der Waals surface area (Å²) in [7, 11) is 0. The van der Waals surface area contributed by atoms with E-state index in [9.17, 15) is 9.59 Å². The van der Waals surface area contributed by atoms with Crippen molar-refractivity contribution < 1.29 is 13.9 Å². The highest BCUT2D eigenvalue weighted by Crippen LogP contribution is 2.23. The van der Waals surface area contributed by atoms with E-state index in [-0.39, 0.29) is 17.9 Å². The lowest BCUT2D eigenvalue weighted by Gasteiger charge is -2.09. The molecule has 0 aliphatic carbocycles. The fourth-order valence-corrected chi connectivity index (χ4v) is 3.12. The van der Waals surface area contributed by atoms with E-state index in [4.69, 9.17) is 9.15 Å². The molecule has 4 rings (SSSR count). The fraction of sp³-hybridized carbons (Fsp3) is 0.174. The normalized spacial score (nSPS) is 10.8. The second kappa shape index (κ2) is 9.09. The maximum Gasteiger partial charge on any atom is 0.257 e. The molecule has 0 fully saturated rings. The van der Waals surface area contributed by atoms with Gasteiger partial charge in [-0.05, 0) is 24.1 Å². The van der Waals surface area contributed by atoms with Gasteiger partial charge in [0.1, 0.15) is 17.6 Å². The molecule has 2 aromatic heterocycles. The number of nitrogens with one attached hydrogen (secondary N) is 1. The van der Waals surface area contributed by atoms with Crippen molar-refractivity contribution in [2.24, 2.45) is 0 Å². The number of carbonyl (C=O) groups is 1. The summed E-state index contributed by atoms with van der Waals surface area (Å²) in [6, 6.07) is 14.3. The zero-order chi connectivity index (χ0) is 20.8. The first-order valence-corrected chi connectivity index (χ1v) is 9.67. The molecule has 7 heteroatoms. The van der Waals surface area contributed by atoms with E-state index >= 15 is 0 Å². The van der Waals surface area contributed by atoms with E-state index in [1.807, 2.05) is 41.1 Å². The largest absolute Gasteiger partial charge is 0.484 e. The van der Waals surface area contributed by atoms with E-state index in [0.29, 0.717) is 28.8 Å². The highest BCUT2D eigenvalue weighted by molar-refractivity contribution is 5.83. The molecule has 2 aromatic carbocycles. The Balaban J connectivity index is 1.34. The van der Waals surface area contributed by atoms with E-state index in [0.717, 1.165) is 18.5 Å². The Morgan fingerprint density at radius 1 is 1.17 bits per heavy atom. The molecule has 2 heterocycles. The van der Waals surface area contributed by atoms with Gasteiger partial charge in [0, 0.05) is 31.5 Å². The second-order valence-corrected chi connectivity index (χ2v) is 6.80. The Kier molecular flexibility index (Phi) is 5.89. The molecule has 0 unspecified atom stereocenters. The first-order valence-electron chi connectivity index (χ1n) is 9.67. The molecular formula is C23H21N3O4. The van der Waals surface area contributed by atoms with Crippen LogP contribution in [0.15, 0.2) is 82.7 Å². The van der Waals surface area contributed by atoms with Crippen LogP contribution in [-0.2, 0) is 11.3 Å². The van der Waals surface area contributed by atoms with E-state index in [1.165, 1.54) is 6.26 Å². The lowest BCUT2D eigenvalue weighted by Crippen LogP contribution is -2.30. The Morgan fingerprint density at radius 3 is 2.83 bits per heavy atom. The summed E-state index contributed by atoms with van der Waals surface area (Å²) in [5, 5.41) is 3.28. The number of aromatic nitrogens is 2. The number of nitrogens with zero attached hydrogens (tertiary/aromatic N) is 2. The third-order valence-corrected chi connectivity index (χ3v) is 4.68. The standard InChI is InChI=1S/C23H21N3O4/c27-22(25-9-4-11-26-12-10-24-16-26)15-29-18-7-8-19-21(13-18)30-14-20(23(19)28)17-5-2-1-3-6-17/h1-3,5-8,10,12-14,16H,4,9,11,15H2,(H,25,27). The van der Waals surface area contributed by atoms with Crippen molar-refractivity contribution in [3.8, 4) is 16.9 Å². The van der Waals surface area contributed by atoms with Gasteiger partial charge in [-0.2, -0.15) is 0 Å². The number of aryl methyl sites for hydroxylation is 1. The Hall–Kier alpha value is -3.87. The molecule has 30 heavy (non-hydrogen) atoms. The Morgan fingerprint density at radius 2 is 2.03 bits per heavy atom. The van der Waals surface area contributed by atoms with Crippen molar-refractivity contribution in [3.05, 3.63) is 83.7 Å². The lowest BCUT2D eigenvalue weighted by atomic mass is 10.1. The van der Waals surface area contributed by atoms with Crippen LogP contribution in [0.2, 0.25) is 0 Å². The highest BCUT2D eigenvalue weighted by atomic mass is 16.5. The predicted molar refractivity (Wildman–Crippen MR) is 113 cm³/mol. The molecule has 0 spiro atoms. The van der Waals surface area contributed by atoms with Crippen LogP contribution >= 0.6 is 0 Å². The minimum Gasteiger partial charge on any atom is -0.484 e. The lowest BCUT2D eigenvalue weighted by molar-refractivity contribution is -0.123. The quantitative estimate of drug-likeness (QED) is 0.457. The van der Waals surface area contributed by atoms with Crippen molar-refractivity contribution in [1.29, 1.82) is 0 Å². The van der Waals surface area contributed by atoms with Crippen LogP contribution in [0, 0.1) is 0 Å². The van der Waals surface area contributed by atoms with Crippen molar-refractivity contribution in [1.82, 2.24) is 14.9 Å². The van der Waals surface area contributed by atoms with Gasteiger partial charge < -0.3 is 19.0 Å². The van der Waals surface area contributed by atoms with Crippen LogP contribution in [0.4, 0.5) is 0 Å². The molecule has 0 bridgehead atoms. The van der Waals surface area contributed by atoms with Crippen LogP contribution in [0.25, 0.3) is 22.1 Å². The van der Waals surface area contributed by atoms with Crippen LogP contribution in [0.5, 0.6) is 5.75 Å². The number of hydrogen-bond donors (Lipinski definition) is 1. The maximum absolute atomic E-state index is 12.8. The summed E-state index contributed by atoms with van der Waals surface area (Å²) in [6.45, 7) is 1.23. The summed E-state index contributed by atoms with van der Waals surface area (Å²) < 4.78 is 13.1. The van der Waals surface area contributed by atoms with Gasteiger partial charge in [0.05, 0.1) is 17.3 Å². The third-order valence-electron chi connectivity index (χ3n) is 4.68. The number of rotatable bonds is 8. The average Bonchev–Trinajstić information content (AvgIpc) is 3.30. The topological polar surface area (TPSA) is 86.4 Å². The first-order chi connectivity index (χ1) is 14.7. The second-order valence-electron chi connectivity index (χ2n) is 6.80. The third kappa shape index (κ3) is 4.57. The van der Waals surface area contributed by atoms with Crippen LogP contribution in [0.1, 0.15) is 6.42 Å². The van der Waals surface area contributed by atoms with Gasteiger partial charge in [-0.15, -0.1) is 0 Å². The van der Waals surface area contributed by atoms with E-state index in [2.05, 4.69) is 10.3 Å². The van der Waals surface area contributed by atoms with Crippen molar-refractivity contribution in [2.75, 3.05) is 13.2 Å². The van der Waals surface area contributed by atoms with Gasteiger partial charge in [-0.1, -0.05) is 30.3 Å². The van der Waals surface area contributed by atoms with Gasteiger partial charge >= 0.3 is 0 Å². The minimum atomic E-state index is -0.207. The molecule has 1 amide bonds. The number of fused-ring (bicyclic) bond motifs is 1. The first kappa shape index (κ1) is 19.4. The van der Waals surface area contributed by atoms with E-state index < -0.39 is 0 Å². The van der Waals surface area contributed by atoms with Crippen molar-refractivity contribution in [2.45, 2.75) is 13.0 Å². The Bertz CT molecular complexity index is 1180. The SMILES string of the molecule is O=C(COc1ccc2c(=O)c(-c3ccccc3)coc2c1)NCCCn1ccnc1. The zero-order valence-electron chi connectivity index (χ0n) is 16.3.